The molecule has 1 aliphatic heterocycles. The Morgan fingerprint density at radius 3 is 1.65 bits per heavy atom. The van der Waals surface area contributed by atoms with Gasteiger partial charge < -0.3 is 15.4 Å². The highest BCUT2D eigenvalue weighted by Crippen LogP contribution is 2.36. The Morgan fingerprint density at radius 2 is 1.27 bits per heavy atom. The minimum Gasteiger partial charge on any atom is -0.481 e. The first-order chi connectivity index (χ1) is 12.0. The number of carbonyl (C=O) groups is 1. The number of carboxylic acid groups (broad SMARTS) is 1. The number of hydroxylamine groups is 2. The molecule has 0 saturated carbocycles. The molecule has 5 heteroatoms. The summed E-state index contributed by atoms with van der Waals surface area (Å²) in [5.41, 5.74) is -0.637. The molecule has 0 aromatic carbocycles. The van der Waals surface area contributed by atoms with Crippen molar-refractivity contribution in [1.82, 2.24) is 5.06 Å². The van der Waals surface area contributed by atoms with Gasteiger partial charge in [0.1, 0.15) is 0 Å². The summed E-state index contributed by atoms with van der Waals surface area (Å²) in [5.74, 6) is -0.659. The summed E-state index contributed by atoms with van der Waals surface area (Å²) >= 11 is 0. The van der Waals surface area contributed by atoms with Gasteiger partial charge in [0, 0.05) is 17.5 Å². The lowest BCUT2D eigenvalue weighted by Gasteiger charge is -2.50. The van der Waals surface area contributed by atoms with E-state index in [2.05, 4.69) is 6.92 Å². The monoisotopic (exact) mass is 373 g/mol. The van der Waals surface area contributed by atoms with Gasteiger partial charge >= 0.3 is 5.97 Å². The molecular weight excluding hydrogens is 330 g/mol. The van der Waals surface area contributed by atoms with E-state index in [0.29, 0.717) is 19.3 Å². The zero-order valence-corrected chi connectivity index (χ0v) is 17.8. The quantitative estimate of drug-likeness (QED) is 0.448. The number of hydrogen-bond acceptors (Lipinski definition) is 4. The van der Waals surface area contributed by atoms with Crippen LogP contribution in [0.1, 0.15) is 112 Å². The third-order valence-electron chi connectivity index (χ3n) is 5.11. The lowest BCUT2D eigenvalue weighted by atomic mass is 9.80. The van der Waals surface area contributed by atoms with Crippen LogP contribution in [0, 0.1) is 0 Å². The maximum absolute atomic E-state index is 10.2. The Hall–Kier alpha value is -0.650. The van der Waals surface area contributed by atoms with E-state index in [4.69, 9.17) is 5.11 Å². The van der Waals surface area contributed by atoms with Crippen molar-refractivity contribution in [3.63, 3.8) is 0 Å². The van der Waals surface area contributed by atoms with Crippen LogP contribution in [0.5, 0.6) is 0 Å². The Morgan fingerprint density at radius 1 is 0.885 bits per heavy atom. The van der Waals surface area contributed by atoms with Crippen molar-refractivity contribution in [2.24, 2.45) is 0 Å². The highest BCUT2D eigenvalue weighted by molar-refractivity contribution is 5.66. The second-order valence-corrected chi connectivity index (χ2v) is 8.97. The number of unbranched alkanes of at least 4 members (excludes halogenated alkanes) is 8. The third kappa shape index (κ3) is 11.1. The first-order valence-corrected chi connectivity index (χ1v) is 10.4. The predicted octanol–water partition coefficient (Wildman–Crippen LogP) is 5.38. The van der Waals surface area contributed by atoms with Crippen molar-refractivity contribution < 1.29 is 20.2 Å². The van der Waals surface area contributed by atoms with Crippen molar-refractivity contribution in [2.75, 3.05) is 0 Å². The molecule has 1 aliphatic rings. The van der Waals surface area contributed by atoms with Crippen LogP contribution in [0.3, 0.4) is 0 Å². The van der Waals surface area contributed by atoms with Crippen LogP contribution >= 0.6 is 0 Å². The van der Waals surface area contributed by atoms with Gasteiger partial charge in [-0.3, -0.25) is 4.79 Å². The van der Waals surface area contributed by atoms with E-state index in [-0.39, 0.29) is 17.2 Å². The molecule has 0 amide bonds. The summed E-state index contributed by atoms with van der Waals surface area (Å²) in [6, 6.07) is 0. The van der Waals surface area contributed by atoms with E-state index in [0.717, 1.165) is 12.8 Å². The number of aliphatic hydroxyl groups is 1. The van der Waals surface area contributed by atoms with Crippen LogP contribution in [0.25, 0.3) is 0 Å². The second-order valence-electron chi connectivity index (χ2n) is 8.97. The molecule has 0 aromatic heterocycles. The van der Waals surface area contributed by atoms with Crippen molar-refractivity contribution in [3.05, 3.63) is 0 Å². The number of rotatable bonds is 10. The van der Waals surface area contributed by atoms with Crippen LogP contribution in [0.2, 0.25) is 0 Å². The smallest absolute Gasteiger partial charge is 0.303 e. The topological polar surface area (TPSA) is 81.0 Å². The SMILES string of the molecule is CC1(C)CC(O)CC(C)(C)N1O.CCCCCCCCCCCC(=O)O. The fourth-order valence-electron chi connectivity index (χ4n) is 3.80. The van der Waals surface area contributed by atoms with Gasteiger partial charge in [0.25, 0.3) is 0 Å². The molecule has 0 radical (unpaired) electrons. The van der Waals surface area contributed by atoms with Crippen molar-refractivity contribution in [2.45, 2.75) is 129 Å². The van der Waals surface area contributed by atoms with Crippen molar-refractivity contribution in [3.8, 4) is 0 Å². The van der Waals surface area contributed by atoms with E-state index in [1.54, 1.807) is 0 Å². The summed E-state index contributed by atoms with van der Waals surface area (Å²) in [6.45, 7) is 9.99. The average molecular weight is 374 g/mol. The van der Waals surface area contributed by atoms with E-state index < -0.39 is 5.97 Å². The van der Waals surface area contributed by atoms with Crippen molar-refractivity contribution in [1.29, 1.82) is 0 Å². The zero-order chi connectivity index (χ0) is 20.2. The fourth-order valence-corrected chi connectivity index (χ4v) is 3.80. The van der Waals surface area contributed by atoms with E-state index in [1.165, 1.54) is 50.0 Å². The Labute approximate surface area is 160 Å². The highest BCUT2D eigenvalue weighted by atomic mass is 16.5. The molecule has 156 valence electrons. The van der Waals surface area contributed by atoms with Gasteiger partial charge in [-0.25, -0.2) is 0 Å². The molecule has 26 heavy (non-hydrogen) atoms. The van der Waals surface area contributed by atoms with Crippen LogP contribution in [-0.2, 0) is 4.79 Å². The molecule has 1 heterocycles. The standard InChI is InChI=1S/C12H24O2.C9H19NO2/c1-2-3-4-5-6-7-8-9-10-11-12(13)14;1-8(2)5-7(11)6-9(3,4)10(8)12/h2-11H2,1H3,(H,13,14);7,11-12H,5-6H2,1-4H3. The van der Waals surface area contributed by atoms with Gasteiger partial charge in [0.2, 0.25) is 0 Å². The molecule has 0 aromatic rings. The average Bonchev–Trinajstić information content (AvgIpc) is 2.50. The lowest BCUT2D eigenvalue weighted by Crippen LogP contribution is -2.60. The fraction of sp³-hybridized carbons (Fsp3) is 0.952. The van der Waals surface area contributed by atoms with E-state index >= 15 is 0 Å². The second kappa shape index (κ2) is 12.7. The van der Waals surface area contributed by atoms with E-state index in [9.17, 15) is 15.1 Å². The molecule has 0 atom stereocenters. The summed E-state index contributed by atoms with van der Waals surface area (Å²) in [6.07, 6.45) is 12.4. The normalized spacial score (nSPS) is 19.7. The van der Waals surface area contributed by atoms with Gasteiger partial charge in [-0.15, -0.1) is 0 Å². The molecule has 0 spiro atoms. The summed E-state index contributed by atoms with van der Waals surface area (Å²) < 4.78 is 0. The van der Waals surface area contributed by atoms with Gasteiger partial charge in [0.15, 0.2) is 0 Å². The maximum Gasteiger partial charge on any atom is 0.303 e. The van der Waals surface area contributed by atoms with Crippen molar-refractivity contribution >= 4 is 5.97 Å². The Balaban J connectivity index is 0.000000485. The number of nitrogens with zero attached hydrogens (tertiary/aromatic N) is 1. The van der Waals surface area contributed by atoms with E-state index in [1.807, 2.05) is 27.7 Å². The van der Waals surface area contributed by atoms with Crippen LogP contribution in [0.4, 0.5) is 0 Å². The molecule has 1 fully saturated rings. The zero-order valence-electron chi connectivity index (χ0n) is 17.8. The summed E-state index contributed by atoms with van der Waals surface area (Å²) in [7, 11) is 0. The summed E-state index contributed by atoms with van der Waals surface area (Å²) in [4.78, 5) is 10.2. The molecule has 0 unspecified atom stereocenters. The Kier molecular flexibility index (Phi) is 12.4. The minimum atomic E-state index is -0.659. The molecule has 5 nitrogen and oxygen atoms in total. The highest BCUT2D eigenvalue weighted by Gasteiger charge is 2.44. The largest absolute Gasteiger partial charge is 0.481 e. The Bertz CT molecular complexity index is 364. The maximum atomic E-state index is 10.2. The first kappa shape index (κ1) is 25.4. The number of hydrogen-bond donors (Lipinski definition) is 3. The first-order valence-electron chi connectivity index (χ1n) is 10.4. The number of aliphatic carboxylic acids is 1. The predicted molar refractivity (Wildman–Crippen MR) is 107 cm³/mol. The molecule has 1 saturated heterocycles. The lowest BCUT2D eigenvalue weighted by molar-refractivity contribution is -0.257. The number of piperidine rings is 1. The molecule has 1 rings (SSSR count). The summed E-state index contributed by atoms with van der Waals surface area (Å²) in [5, 5.41) is 29.1. The van der Waals surface area contributed by atoms with Crippen LogP contribution in [-0.4, -0.2) is 43.6 Å². The van der Waals surface area contributed by atoms with Gasteiger partial charge in [-0.05, 0) is 47.0 Å². The number of carboxylic acids is 1. The van der Waals surface area contributed by atoms with Gasteiger partial charge in [-0.2, -0.15) is 5.06 Å². The molecule has 0 bridgehead atoms. The number of aliphatic hydroxyl groups excluding tert-OH is 1. The van der Waals surface area contributed by atoms with Gasteiger partial charge in [0.05, 0.1) is 6.10 Å². The van der Waals surface area contributed by atoms with Gasteiger partial charge in [-0.1, -0.05) is 58.3 Å². The minimum absolute atomic E-state index is 0.293. The van der Waals surface area contributed by atoms with Crippen LogP contribution < -0.4 is 0 Å². The third-order valence-corrected chi connectivity index (χ3v) is 5.11. The van der Waals surface area contributed by atoms with Crippen LogP contribution in [0.15, 0.2) is 0 Å². The molecular formula is C21H43NO4. The molecule has 3 N–H and O–H groups in total. The molecule has 0 aliphatic carbocycles.